The fraction of sp³-hybridized carbons (Fsp3) is 0.214. The van der Waals surface area contributed by atoms with Gasteiger partial charge in [0.1, 0.15) is 11.4 Å². The number of pyridine rings is 1. The maximum Gasteiger partial charge on any atom is 0.255 e. The molecule has 1 amide bonds. The van der Waals surface area contributed by atoms with E-state index in [2.05, 4.69) is 16.5 Å². The third-order valence-corrected chi connectivity index (χ3v) is 5.86. The second-order valence-corrected chi connectivity index (χ2v) is 8.42. The van der Waals surface area contributed by atoms with E-state index in [1.54, 1.807) is 60.1 Å². The van der Waals surface area contributed by atoms with E-state index in [9.17, 15) is 14.9 Å². The van der Waals surface area contributed by atoms with Gasteiger partial charge in [-0.1, -0.05) is 30.3 Å². The zero-order valence-corrected chi connectivity index (χ0v) is 20.7. The van der Waals surface area contributed by atoms with Crippen molar-refractivity contribution in [2.45, 2.75) is 26.2 Å². The summed E-state index contributed by atoms with van der Waals surface area (Å²) in [6, 6.07) is 20.2. The zero-order chi connectivity index (χ0) is 26.2. The first-order valence-corrected chi connectivity index (χ1v) is 11.6. The van der Waals surface area contributed by atoms with Gasteiger partial charge in [-0.2, -0.15) is 10.4 Å². The van der Waals surface area contributed by atoms with Crippen molar-refractivity contribution in [1.29, 1.82) is 5.26 Å². The molecule has 4 rings (SSSR count). The van der Waals surface area contributed by atoms with Gasteiger partial charge in [0.2, 0.25) is 0 Å². The van der Waals surface area contributed by atoms with E-state index in [0.29, 0.717) is 41.2 Å². The average molecular weight is 498 g/mol. The Hall–Kier alpha value is -4.68. The number of methoxy groups -OCH3 is 2. The maximum atomic E-state index is 13.0. The summed E-state index contributed by atoms with van der Waals surface area (Å²) in [6.45, 7) is 1.31. The second-order valence-electron chi connectivity index (χ2n) is 8.42. The van der Waals surface area contributed by atoms with E-state index in [1.165, 1.54) is 6.07 Å². The lowest BCUT2D eigenvalue weighted by Crippen LogP contribution is -2.24. The highest BCUT2D eigenvalue weighted by Crippen LogP contribution is 2.18. The standard InChI is InChI=1S/C28H27N5O4/c1-36-19-26-25(28(35)30-15-23-13-24(37-2)11-10-22(23)14-29)18-33(31-26)17-21-8-6-20(7-9-21)16-32-12-4-3-5-27(32)34/h3-13,18H,15-17,19H2,1-2H3,(H,30,35). The van der Waals surface area contributed by atoms with E-state index in [0.717, 1.165) is 11.1 Å². The van der Waals surface area contributed by atoms with E-state index >= 15 is 0 Å². The molecule has 0 unspecified atom stereocenters. The first-order chi connectivity index (χ1) is 18.0. The van der Waals surface area contributed by atoms with Gasteiger partial charge in [-0.3, -0.25) is 14.3 Å². The van der Waals surface area contributed by atoms with Crippen molar-refractivity contribution in [2.75, 3.05) is 14.2 Å². The van der Waals surface area contributed by atoms with Gasteiger partial charge in [-0.25, -0.2) is 0 Å². The molecule has 0 saturated heterocycles. The summed E-state index contributed by atoms with van der Waals surface area (Å²) in [5, 5.41) is 16.8. The number of nitriles is 1. The highest BCUT2D eigenvalue weighted by atomic mass is 16.5. The maximum absolute atomic E-state index is 13.0. The normalized spacial score (nSPS) is 10.6. The highest BCUT2D eigenvalue weighted by molar-refractivity contribution is 5.95. The Balaban J connectivity index is 1.46. The van der Waals surface area contributed by atoms with Crippen LogP contribution in [-0.2, 0) is 31.0 Å². The number of carbonyl (C=O) groups is 1. The molecule has 0 aliphatic carbocycles. The van der Waals surface area contributed by atoms with Gasteiger partial charge in [-0.15, -0.1) is 0 Å². The Morgan fingerprint density at radius 1 is 1.05 bits per heavy atom. The number of hydrogen-bond acceptors (Lipinski definition) is 6. The van der Waals surface area contributed by atoms with Crippen LogP contribution in [-0.4, -0.2) is 34.5 Å². The molecule has 0 atom stereocenters. The third-order valence-electron chi connectivity index (χ3n) is 5.86. The predicted molar refractivity (Wildman–Crippen MR) is 137 cm³/mol. The quantitative estimate of drug-likeness (QED) is 0.360. The first kappa shape index (κ1) is 25.4. The lowest BCUT2D eigenvalue weighted by molar-refractivity contribution is 0.0945. The van der Waals surface area contributed by atoms with Crippen LogP contribution >= 0.6 is 0 Å². The molecule has 0 bridgehead atoms. The molecule has 2 aromatic heterocycles. The Bertz CT molecular complexity index is 1480. The van der Waals surface area contributed by atoms with Gasteiger partial charge in [-0.05, 0) is 41.0 Å². The zero-order valence-electron chi connectivity index (χ0n) is 20.7. The predicted octanol–water partition coefficient (Wildman–Crippen LogP) is 3.10. The summed E-state index contributed by atoms with van der Waals surface area (Å²) in [6.07, 6.45) is 3.46. The Kier molecular flexibility index (Phi) is 8.13. The number of benzene rings is 2. The largest absolute Gasteiger partial charge is 0.497 e. The van der Waals surface area contributed by atoms with Gasteiger partial charge in [0.25, 0.3) is 11.5 Å². The number of nitrogens with one attached hydrogen (secondary N) is 1. The van der Waals surface area contributed by atoms with E-state index in [-0.39, 0.29) is 24.6 Å². The fourth-order valence-corrected chi connectivity index (χ4v) is 3.92. The van der Waals surface area contributed by atoms with Crippen LogP contribution in [0.15, 0.2) is 77.9 Å². The molecule has 9 nitrogen and oxygen atoms in total. The van der Waals surface area contributed by atoms with Gasteiger partial charge in [0.05, 0.1) is 44.0 Å². The lowest BCUT2D eigenvalue weighted by atomic mass is 10.1. The number of rotatable bonds is 10. The minimum Gasteiger partial charge on any atom is -0.497 e. The number of carbonyl (C=O) groups excluding carboxylic acids is 1. The summed E-state index contributed by atoms with van der Waals surface area (Å²) < 4.78 is 13.8. The molecule has 1 N–H and O–H groups in total. The molecular weight excluding hydrogens is 470 g/mol. The number of hydrogen-bond donors (Lipinski definition) is 1. The minimum absolute atomic E-state index is 0.0464. The second kappa shape index (κ2) is 11.8. The third kappa shape index (κ3) is 6.31. The van der Waals surface area contributed by atoms with Crippen molar-refractivity contribution in [2.24, 2.45) is 0 Å². The number of nitrogens with zero attached hydrogens (tertiary/aromatic N) is 4. The summed E-state index contributed by atoms with van der Waals surface area (Å²) >= 11 is 0. The molecule has 9 heteroatoms. The summed E-state index contributed by atoms with van der Waals surface area (Å²) in [5.74, 6) is 0.298. The van der Waals surface area contributed by atoms with Crippen molar-refractivity contribution in [3.05, 3.63) is 117 Å². The van der Waals surface area contributed by atoms with E-state index in [1.807, 2.05) is 30.3 Å². The van der Waals surface area contributed by atoms with Crippen molar-refractivity contribution in [3.8, 4) is 11.8 Å². The molecule has 0 aliphatic heterocycles. The summed E-state index contributed by atoms with van der Waals surface area (Å²) in [4.78, 5) is 25.0. The summed E-state index contributed by atoms with van der Waals surface area (Å²) in [7, 11) is 3.10. The summed E-state index contributed by atoms with van der Waals surface area (Å²) in [5.41, 5.74) is 4.01. The molecule has 188 valence electrons. The number of ether oxygens (including phenoxy) is 2. The first-order valence-electron chi connectivity index (χ1n) is 11.6. The Morgan fingerprint density at radius 2 is 1.81 bits per heavy atom. The van der Waals surface area contributed by atoms with Crippen LogP contribution < -0.4 is 15.6 Å². The Labute approximate surface area is 214 Å². The van der Waals surface area contributed by atoms with Crippen LogP contribution in [0, 0.1) is 11.3 Å². The van der Waals surface area contributed by atoms with Crippen molar-refractivity contribution in [3.63, 3.8) is 0 Å². The van der Waals surface area contributed by atoms with E-state index in [4.69, 9.17) is 9.47 Å². The van der Waals surface area contributed by atoms with Gasteiger partial charge in [0, 0.05) is 32.1 Å². The fourth-order valence-electron chi connectivity index (χ4n) is 3.92. The van der Waals surface area contributed by atoms with Crippen molar-refractivity contribution in [1.82, 2.24) is 19.7 Å². The number of aromatic nitrogens is 3. The lowest BCUT2D eigenvalue weighted by Gasteiger charge is -2.09. The highest BCUT2D eigenvalue weighted by Gasteiger charge is 2.17. The average Bonchev–Trinajstić information content (AvgIpc) is 3.31. The molecule has 0 radical (unpaired) electrons. The van der Waals surface area contributed by atoms with Crippen LogP contribution in [0.3, 0.4) is 0 Å². The number of amides is 1. The minimum atomic E-state index is -0.311. The van der Waals surface area contributed by atoms with Crippen LogP contribution in [0.4, 0.5) is 0 Å². The molecule has 0 aliphatic rings. The smallest absolute Gasteiger partial charge is 0.255 e. The molecule has 37 heavy (non-hydrogen) atoms. The molecule has 2 aromatic carbocycles. The van der Waals surface area contributed by atoms with Crippen LogP contribution in [0.2, 0.25) is 0 Å². The molecule has 0 saturated carbocycles. The molecule has 0 fully saturated rings. The monoisotopic (exact) mass is 497 g/mol. The molecule has 4 aromatic rings. The van der Waals surface area contributed by atoms with Gasteiger partial charge >= 0.3 is 0 Å². The van der Waals surface area contributed by atoms with Crippen molar-refractivity contribution < 1.29 is 14.3 Å². The molecular formula is C28H27N5O4. The van der Waals surface area contributed by atoms with Gasteiger partial charge in [0.15, 0.2) is 0 Å². The van der Waals surface area contributed by atoms with Crippen molar-refractivity contribution >= 4 is 5.91 Å². The topological polar surface area (TPSA) is 111 Å². The van der Waals surface area contributed by atoms with Crippen LogP contribution in [0.25, 0.3) is 0 Å². The van der Waals surface area contributed by atoms with Gasteiger partial charge < -0.3 is 19.4 Å². The molecule has 0 spiro atoms. The Morgan fingerprint density at radius 3 is 2.49 bits per heavy atom. The van der Waals surface area contributed by atoms with E-state index < -0.39 is 0 Å². The SMILES string of the molecule is COCc1nn(Cc2ccc(Cn3ccccc3=O)cc2)cc1C(=O)NCc1cc(OC)ccc1C#N. The molecule has 2 heterocycles. The van der Waals surface area contributed by atoms with Crippen LogP contribution in [0.5, 0.6) is 5.75 Å². The van der Waals surface area contributed by atoms with Crippen LogP contribution in [0.1, 0.15) is 38.3 Å².